The van der Waals surface area contributed by atoms with Gasteiger partial charge in [0, 0.05) is 11.1 Å². The first-order valence-corrected chi connectivity index (χ1v) is 5.91. The second kappa shape index (κ2) is 5.34. The molecule has 1 rings (SSSR count). The third-order valence-corrected chi connectivity index (χ3v) is 2.81. The average Bonchev–Trinajstić information content (AvgIpc) is 2.17. The fraction of sp³-hybridized carbons (Fsp3) is 0.750. The second-order valence-electron chi connectivity index (χ2n) is 5.38. The zero-order valence-corrected chi connectivity index (χ0v) is 10.6. The van der Waals surface area contributed by atoms with E-state index in [1.807, 2.05) is 0 Å². The number of hydrogen-bond acceptors (Lipinski definition) is 3. The number of aliphatic imine (C=N–C) groups is 1. The SMILES string of the molecule is CC(C)(C)C(N)=CC(N)=NC1CCNCC1. The third-order valence-electron chi connectivity index (χ3n) is 2.81. The minimum absolute atomic E-state index is 0.0474. The highest BCUT2D eigenvalue weighted by atomic mass is 14.9. The molecule has 92 valence electrons. The van der Waals surface area contributed by atoms with Crippen molar-refractivity contribution in [1.29, 1.82) is 0 Å². The second-order valence-corrected chi connectivity index (χ2v) is 5.38. The number of nitrogens with zero attached hydrogens (tertiary/aromatic N) is 1. The molecule has 4 nitrogen and oxygen atoms in total. The van der Waals surface area contributed by atoms with Gasteiger partial charge < -0.3 is 16.8 Å². The van der Waals surface area contributed by atoms with Crippen molar-refractivity contribution in [3.63, 3.8) is 0 Å². The Hall–Kier alpha value is -1.03. The number of hydrogen-bond donors (Lipinski definition) is 3. The van der Waals surface area contributed by atoms with Gasteiger partial charge in [0.2, 0.25) is 0 Å². The predicted octanol–water partition coefficient (Wildman–Crippen LogP) is 0.984. The first kappa shape index (κ1) is 13.0. The summed E-state index contributed by atoms with van der Waals surface area (Å²) in [6.45, 7) is 8.25. The van der Waals surface area contributed by atoms with Gasteiger partial charge in [-0.1, -0.05) is 20.8 Å². The summed E-state index contributed by atoms with van der Waals surface area (Å²) >= 11 is 0. The smallest absolute Gasteiger partial charge is 0.120 e. The summed E-state index contributed by atoms with van der Waals surface area (Å²) in [6, 6.07) is 0.352. The molecule has 0 aromatic heterocycles. The van der Waals surface area contributed by atoms with Gasteiger partial charge in [-0.3, -0.25) is 4.99 Å². The zero-order valence-electron chi connectivity index (χ0n) is 10.6. The Kier molecular flexibility index (Phi) is 4.35. The van der Waals surface area contributed by atoms with E-state index < -0.39 is 0 Å². The van der Waals surface area contributed by atoms with Gasteiger partial charge in [0.25, 0.3) is 0 Å². The monoisotopic (exact) mass is 224 g/mol. The Morgan fingerprint density at radius 2 is 1.81 bits per heavy atom. The molecule has 0 unspecified atom stereocenters. The Balaban J connectivity index is 2.62. The van der Waals surface area contributed by atoms with Crippen LogP contribution in [-0.2, 0) is 0 Å². The van der Waals surface area contributed by atoms with E-state index in [9.17, 15) is 0 Å². The van der Waals surface area contributed by atoms with Crippen molar-refractivity contribution in [2.45, 2.75) is 39.7 Å². The number of nitrogens with two attached hydrogens (primary N) is 2. The molecule has 0 spiro atoms. The number of allylic oxidation sites excluding steroid dienone is 1. The molecule has 1 fully saturated rings. The Morgan fingerprint density at radius 3 is 2.31 bits per heavy atom. The number of amidine groups is 1. The molecule has 16 heavy (non-hydrogen) atoms. The van der Waals surface area contributed by atoms with E-state index in [1.165, 1.54) is 0 Å². The van der Waals surface area contributed by atoms with Gasteiger partial charge in [-0.25, -0.2) is 0 Å². The molecule has 0 atom stereocenters. The molecule has 0 bridgehead atoms. The van der Waals surface area contributed by atoms with Crippen LogP contribution in [0.1, 0.15) is 33.6 Å². The summed E-state index contributed by atoms with van der Waals surface area (Å²) in [7, 11) is 0. The summed E-state index contributed by atoms with van der Waals surface area (Å²) in [5.74, 6) is 0.555. The van der Waals surface area contributed by atoms with Crippen LogP contribution < -0.4 is 16.8 Å². The molecule has 0 aliphatic carbocycles. The summed E-state index contributed by atoms with van der Waals surface area (Å²) < 4.78 is 0. The quantitative estimate of drug-likeness (QED) is 0.483. The largest absolute Gasteiger partial charge is 0.401 e. The highest BCUT2D eigenvalue weighted by Crippen LogP contribution is 2.20. The first-order valence-electron chi connectivity index (χ1n) is 5.91. The molecule has 5 N–H and O–H groups in total. The molecule has 0 amide bonds. The standard InChI is InChI=1S/C12H24N4/c1-12(2,3)10(13)8-11(14)16-9-4-6-15-7-5-9/h8-9,15H,4-7,13H2,1-3H3,(H2,14,16). The molecule has 0 aromatic carbocycles. The van der Waals surface area contributed by atoms with Gasteiger partial charge >= 0.3 is 0 Å². The van der Waals surface area contributed by atoms with Gasteiger partial charge in [0.1, 0.15) is 5.84 Å². The molecule has 0 saturated carbocycles. The fourth-order valence-corrected chi connectivity index (χ4v) is 1.56. The van der Waals surface area contributed by atoms with Crippen molar-refractivity contribution in [2.24, 2.45) is 21.9 Å². The highest BCUT2D eigenvalue weighted by Gasteiger charge is 2.15. The van der Waals surface area contributed by atoms with E-state index >= 15 is 0 Å². The molecule has 0 aromatic rings. The fourth-order valence-electron chi connectivity index (χ4n) is 1.56. The maximum absolute atomic E-state index is 5.94. The summed E-state index contributed by atoms with van der Waals surface area (Å²) in [5.41, 5.74) is 12.6. The van der Waals surface area contributed by atoms with Crippen LogP contribution in [0.4, 0.5) is 0 Å². The summed E-state index contributed by atoms with van der Waals surface area (Å²) in [6.07, 6.45) is 3.91. The molecule has 1 heterocycles. The van der Waals surface area contributed by atoms with Gasteiger partial charge in [-0.05, 0) is 32.0 Å². The lowest BCUT2D eigenvalue weighted by molar-refractivity contribution is 0.459. The molecular weight excluding hydrogens is 200 g/mol. The van der Waals surface area contributed by atoms with Crippen LogP contribution in [0.2, 0.25) is 0 Å². The van der Waals surface area contributed by atoms with E-state index in [0.29, 0.717) is 11.9 Å². The van der Waals surface area contributed by atoms with Crippen LogP contribution >= 0.6 is 0 Å². The number of nitrogens with one attached hydrogen (secondary N) is 1. The Labute approximate surface area is 98.2 Å². The Bertz CT molecular complexity index is 280. The minimum atomic E-state index is -0.0474. The molecule has 0 radical (unpaired) electrons. The van der Waals surface area contributed by atoms with Crippen LogP contribution in [-0.4, -0.2) is 25.0 Å². The minimum Gasteiger partial charge on any atom is -0.401 e. The number of piperidine rings is 1. The van der Waals surface area contributed by atoms with Crippen molar-refractivity contribution in [3.05, 3.63) is 11.8 Å². The zero-order chi connectivity index (χ0) is 12.2. The average molecular weight is 224 g/mol. The van der Waals surface area contributed by atoms with Crippen molar-refractivity contribution >= 4 is 5.84 Å². The maximum atomic E-state index is 5.94. The van der Waals surface area contributed by atoms with Crippen molar-refractivity contribution in [1.82, 2.24) is 5.32 Å². The van der Waals surface area contributed by atoms with E-state index in [1.54, 1.807) is 6.08 Å². The van der Waals surface area contributed by atoms with Crippen LogP contribution in [0.15, 0.2) is 16.8 Å². The van der Waals surface area contributed by atoms with E-state index in [4.69, 9.17) is 11.5 Å². The van der Waals surface area contributed by atoms with E-state index in [2.05, 4.69) is 31.1 Å². The highest BCUT2D eigenvalue weighted by molar-refractivity contribution is 5.92. The van der Waals surface area contributed by atoms with Crippen LogP contribution in [0, 0.1) is 5.41 Å². The number of rotatable bonds is 2. The molecule has 1 aliphatic heterocycles. The third kappa shape index (κ3) is 4.23. The Morgan fingerprint density at radius 1 is 1.25 bits per heavy atom. The van der Waals surface area contributed by atoms with Gasteiger partial charge in [-0.2, -0.15) is 0 Å². The lowest BCUT2D eigenvalue weighted by atomic mass is 9.92. The maximum Gasteiger partial charge on any atom is 0.120 e. The predicted molar refractivity (Wildman–Crippen MR) is 69.2 cm³/mol. The van der Waals surface area contributed by atoms with Gasteiger partial charge in [0.05, 0.1) is 6.04 Å². The van der Waals surface area contributed by atoms with Crippen molar-refractivity contribution in [2.75, 3.05) is 13.1 Å². The van der Waals surface area contributed by atoms with Gasteiger partial charge in [0.15, 0.2) is 0 Å². The lowest BCUT2D eigenvalue weighted by Crippen LogP contribution is -2.31. The van der Waals surface area contributed by atoms with Crippen LogP contribution in [0.25, 0.3) is 0 Å². The van der Waals surface area contributed by atoms with Gasteiger partial charge in [-0.15, -0.1) is 0 Å². The lowest BCUT2D eigenvalue weighted by Gasteiger charge is -2.21. The summed E-state index contributed by atoms with van der Waals surface area (Å²) in [5, 5.41) is 3.30. The molecule has 4 heteroatoms. The topological polar surface area (TPSA) is 76.4 Å². The van der Waals surface area contributed by atoms with Crippen molar-refractivity contribution in [3.8, 4) is 0 Å². The molecular formula is C12H24N4. The van der Waals surface area contributed by atoms with Crippen LogP contribution in [0.5, 0.6) is 0 Å². The van der Waals surface area contributed by atoms with Crippen molar-refractivity contribution < 1.29 is 0 Å². The summed E-state index contributed by atoms with van der Waals surface area (Å²) in [4.78, 5) is 4.49. The van der Waals surface area contributed by atoms with E-state index in [0.717, 1.165) is 31.6 Å². The van der Waals surface area contributed by atoms with E-state index in [-0.39, 0.29) is 5.41 Å². The molecule has 1 saturated heterocycles. The van der Waals surface area contributed by atoms with Crippen LogP contribution in [0.3, 0.4) is 0 Å². The normalized spacial score (nSPS) is 21.2. The first-order chi connectivity index (χ1) is 7.39. The molecule has 1 aliphatic rings.